The van der Waals surface area contributed by atoms with Crippen LogP contribution in [0.5, 0.6) is 0 Å². The maximum Gasteiger partial charge on any atom is 0.304 e. The van der Waals surface area contributed by atoms with Gasteiger partial charge >= 0.3 is 10.2 Å². The zero-order valence-electron chi connectivity index (χ0n) is 23.3. The second kappa shape index (κ2) is 14.3. The summed E-state index contributed by atoms with van der Waals surface area (Å²) in [5.74, 6) is -0.623. The fourth-order valence-electron chi connectivity index (χ4n) is 4.12. The average Bonchev–Trinajstić information content (AvgIpc) is 2.93. The Kier molecular flexibility index (Phi) is 11.1. The first-order valence-electron chi connectivity index (χ1n) is 13.1. The van der Waals surface area contributed by atoms with E-state index < -0.39 is 28.7 Å². The zero-order valence-corrected chi connectivity index (χ0v) is 24.9. The molecule has 0 fully saturated rings. The van der Waals surface area contributed by atoms with Gasteiger partial charge in [0.2, 0.25) is 11.8 Å². The molecule has 0 heterocycles. The molecule has 10 heteroatoms. The second-order valence-electron chi connectivity index (χ2n) is 10.1. The molecule has 0 aliphatic heterocycles. The molecule has 2 amide bonds. The summed E-state index contributed by atoms with van der Waals surface area (Å²) in [4.78, 5) is 29.2. The van der Waals surface area contributed by atoms with Crippen LogP contribution < -0.4 is 9.62 Å². The summed E-state index contributed by atoms with van der Waals surface area (Å²) in [6.45, 7) is 4.00. The van der Waals surface area contributed by atoms with Crippen LogP contribution in [0.15, 0.2) is 84.9 Å². The number of nitrogens with one attached hydrogen (secondary N) is 1. The van der Waals surface area contributed by atoms with Crippen molar-refractivity contribution in [3.8, 4) is 0 Å². The van der Waals surface area contributed by atoms with E-state index >= 15 is 0 Å². The van der Waals surface area contributed by atoms with Gasteiger partial charge in [0.15, 0.2) is 0 Å². The van der Waals surface area contributed by atoms with E-state index in [4.69, 9.17) is 11.6 Å². The van der Waals surface area contributed by atoms with Gasteiger partial charge in [-0.05, 0) is 41.3 Å². The molecule has 0 saturated carbocycles. The van der Waals surface area contributed by atoms with Crippen molar-refractivity contribution in [3.05, 3.63) is 101 Å². The molecule has 0 aliphatic rings. The van der Waals surface area contributed by atoms with Gasteiger partial charge < -0.3 is 10.2 Å². The topological polar surface area (TPSA) is 90.0 Å². The van der Waals surface area contributed by atoms with E-state index in [9.17, 15) is 18.0 Å². The third kappa shape index (κ3) is 8.55. The second-order valence-corrected chi connectivity index (χ2v) is 12.6. The minimum Gasteiger partial charge on any atom is -0.354 e. The van der Waals surface area contributed by atoms with Crippen LogP contribution in [0.2, 0.25) is 5.02 Å². The summed E-state index contributed by atoms with van der Waals surface area (Å²) >= 11 is 6.25. The molecule has 1 N–H and O–H groups in total. The number of hydrogen-bond acceptors (Lipinski definition) is 4. The van der Waals surface area contributed by atoms with E-state index in [1.54, 1.807) is 48.5 Å². The Morgan fingerprint density at radius 2 is 1.48 bits per heavy atom. The van der Waals surface area contributed by atoms with Gasteiger partial charge in [0.25, 0.3) is 0 Å². The highest BCUT2D eigenvalue weighted by Crippen LogP contribution is 2.22. The lowest BCUT2D eigenvalue weighted by molar-refractivity contribution is -0.140. The number of amides is 2. The van der Waals surface area contributed by atoms with E-state index in [0.29, 0.717) is 17.3 Å². The van der Waals surface area contributed by atoms with Gasteiger partial charge in [0.05, 0.1) is 5.69 Å². The van der Waals surface area contributed by atoms with E-state index in [0.717, 1.165) is 19.7 Å². The van der Waals surface area contributed by atoms with Crippen LogP contribution in [-0.4, -0.2) is 62.7 Å². The van der Waals surface area contributed by atoms with Gasteiger partial charge in [-0.3, -0.25) is 9.59 Å². The molecule has 1 atom stereocenters. The third-order valence-electron chi connectivity index (χ3n) is 6.26. The number of para-hydroxylation sites is 1. The lowest BCUT2D eigenvalue weighted by Crippen LogP contribution is -2.54. The predicted molar refractivity (Wildman–Crippen MR) is 160 cm³/mol. The van der Waals surface area contributed by atoms with Gasteiger partial charge in [0, 0.05) is 38.6 Å². The maximum atomic E-state index is 14.1. The predicted octanol–water partition coefficient (Wildman–Crippen LogP) is 4.37. The Morgan fingerprint density at radius 1 is 0.875 bits per heavy atom. The SMILES string of the molecule is CC(C)CNC(=O)[C@@H](Cc1ccccc1)N(Cc1cccc(Cl)c1)C(=O)CN(c1ccccc1)S(=O)(=O)N(C)C. The van der Waals surface area contributed by atoms with Gasteiger partial charge in [-0.25, -0.2) is 4.31 Å². The Hall–Kier alpha value is -3.40. The van der Waals surface area contributed by atoms with Gasteiger partial charge in [0.1, 0.15) is 12.6 Å². The maximum absolute atomic E-state index is 14.1. The first kappa shape index (κ1) is 31.1. The lowest BCUT2D eigenvalue weighted by Gasteiger charge is -2.34. The van der Waals surface area contributed by atoms with Crippen molar-refractivity contribution in [1.82, 2.24) is 14.5 Å². The Morgan fingerprint density at radius 3 is 2.05 bits per heavy atom. The molecule has 0 unspecified atom stereocenters. The van der Waals surface area contributed by atoms with Crippen molar-refractivity contribution >= 4 is 39.3 Å². The number of anilines is 1. The summed E-state index contributed by atoms with van der Waals surface area (Å²) in [5, 5.41) is 3.46. The minimum absolute atomic E-state index is 0.0661. The number of carbonyl (C=O) groups is 2. The van der Waals surface area contributed by atoms with Crippen molar-refractivity contribution in [1.29, 1.82) is 0 Å². The number of halogens is 1. The normalized spacial score (nSPS) is 12.3. The minimum atomic E-state index is -4.03. The van der Waals surface area contributed by atoms with Gasteiger partial charge in [-0.1, -0.05) is 86.1 Å². The number of rotatable bonds is 13. The molecule has 0 aliphatic carbocycles. The zero-order chi connectivity index (χ0) is 29.3. The molecule has 0 saturated heterocycles. The smallest absolute Gasteiger partial charge is 0.304 e. The molecule has 214 valence electrons. The van der Waals surface area contributed by atoms with Crippen LogP contribution in [0.25, 0.3) is 0 Å². The summed E-state index contributed by atoms with van der Waals surface area (Å²) in [7, 11) is -1.20. The van der Waals surface area contributed by atoms with Crippen LogP contribution in [0.1, 0.15) is 25.0 Å². The van der Waals surface area contributed by atoms with Crippen molar-refractivity contribution in [2.24, 2.45) is 5.92 Å². The first-order chi connectivity index (χ1) is 19.0. The largest absolute Gasteiger partial charge is 0.354 e. The van der Waals surface area contributed by atoms with E-state index in [-0.39, 0.29) is 24.8 Å². The summed E-state index contributed by atoms with van der Waals surface area (Å²) in [6.07, 6.45) is 0.253. The molecular formula is C30H37ClN4O4S. The molecule has 0 bridgehead atoms. The quantitative estimate of drug-likeness (QED) is 0.323. The highest BCUT2D eigenvalue weighted by molar-refractivity contribution is 7.90. The average molecular weight is 585 g/mol. The van der Waals surface area contributed by atoms with Crippen molar-refractivity contribution in [2.75, 3.05) is 31.5 Å². The van der Waals surface area contributed by atoms with Crippen LogP contribution in [0.4, 0.5) is 5.69 Å². The summed E-state index contributed by atoms with van der Waals surface area (Å²) in [5.41, 5.74) is 1.94. The summed E-state index contributed by atoms with van der Waals surface area (Å²) in [6, 6.07) is 24.1. The standard InChI is InChI=1S/C30H37ClN4O4S/c1-23(2)20-32-30(37)28(19-24-12-7-5-8-13-24)34(21-25-14-11-15-26(31)18-25)29(36)22-35(40(38,39)33(3)4)27-16-9-6-10-17-27/h5-18,23,28H,19-22H2,1-4H3,(H,32,37)/t28-/m1/s1. The molecule has 3 aromatic carbocycles. The van der Waals surface area contributed by atoms with Crippen molar-refractivity contribution < 1.29 is 18.0 Å². The van der Waals surface area contributed by atoms with Gasteiger partial charge in [-0.15, -0.1) is 0 Å². The molecular weight excluding hydrogens is 548 g/mol. The first-order valence-corrected chi connectivity index (χ1v) is 14.9. The van der Waals surface area contributed by atoms with Crippen LogP contribution in [0, 0.1) is 5.92 Å². The monoisotopic (exact) mass is 584 g/mol. The van der Waals surface area contributed by atoms with Crippen molar-refractivity contribution in [2.45, 2.75) is 32.9 Å². The summed E-state index contributed by atoms with van der Waals surface area (Å²) < 4.78 is 28.8. The highest BCUT2D eigenvalue weighted by atomic mass is 35.5. The third-order valence-corrected chi connectivity index (χ3v) is 8.32. The molecule has 8 nitrogen and oxygen atoms in total. The number of nitrogens with zero attached hydrogens (tertiary/aromatic N) is 3. The molecule has 0 aromatic heterocycles. The lowest BCUT2D eigenvalue weighted by atomic mass is 10.0. The van der Waals surface area contributed by atoms with Gasteiger partial charge in [-0.2, -0.15) is 12.7 Å². The fraction of sp³-hybridized carbons (Fsp3) is 0.333. The fourth-order valence-corrected chi connectivity index (χ4v) is 5.39. The Bertz CT molecular complexity index is 1370. The molecule has 3 aromatic rings. The molecule has 3 rings (SSSR count). The van der Waals surface area contributed by atoms with E-state index in [1.807, 2.05) is 50.2 Å². The molecule has 40 heavy (non-hydrogen) atoms. The molecule has 0 spiro atoms. The number of carbonyl (C=O) groups excluding carboxylic acids is 2. The van der Waals surface area contributed by atoms with Crippen LogP contribution in [0.3, 0.4) is 0 Å². The number of hydrogen-bond donors (Lipinski definition) is 1. The van der Waals surface area contributed by atoms with Crippen molar-refractivity contribution in [3.63, 3.8) is 0 Å². The van der Waals surface area contributed by atoms with E-state index in [2.05, 4.69) is 5.32 Å². The Balaban J connectivity index is 2.07. The van der Waals surface area contributed by atoms with Crippen LogP contribution in [-0.2, 0) is 32.8 Å². The molecule has 0 radical (unpaired) electrons. The Labute approximate surface area is 242 Å². The number of benzene rings is 3. The van der Waals surface area contributed by atoms with E-state index in [1.165, 1.54) is 19.0 Å². The highest BCUT2D eigenvalue weighted by Gasteiger charge is 2.34. The van der Waals surface area contributed by atoms with Crippen LogP contribution >= 0.6 is 11.6 Å².